The van der Waals surface area contributed by atoms with Gasteiger partial charge in [0, 0.05) is 19.5 Å². The quantitative estimate of drug-likeness (QED) is 0.838. The number of ketones is 1. The molecule has 6 heteroatoms. The minimum atomic E-state index is -1.02. The summed E-state index contributed by atoms with van der Waals surface area (Å²) in [6.07, 6.45) is 0.0152. The molecule has 1 heterocycles. The molecular weight excluding hydrogens is 322 g/mol. The van der Waals surface area contributed by atoms with Crippen molar-refractivity contribution in [2.24, 2.45) is 5.92 Å². The van der Waals surface area contributed by atoms with Gasteiger partial charge in [0.2, 0.25) is 5.78 Å². The van der Waals surface area contributed by atoms with Crippen LogP contribution in [0.25, 0.3) is 0 Å². The van der Waals surface area contributed by atoms with Gasteiger partial charge >= 0.3 is 5.97 Å². The Morgan fingerprint density at radius 3 is 2.56 bits per heavy atom. The summed E-state index contributed by atoms with van der Waals surface area (Å²) in [7, 11) is 0. The number of carboxylic acids is 1. The van der Waals surface area contributed by atoms with E-state index in [2.05, 4.69) is 20.8 Å². The lowest BCUT2D eigenvalue weighted by atomic mass is 9.82. The molecule has 1 aromatic rings. The minimum absolute atomic E-state index is 0.000818. The van der Waals surface area contributed by atoms with Crippen LogP contribution in [-0.2, 0) is 31.0 Å². The zero-order valence-corrected chi connectivity index (χ0v) is 14.9. The average Bonchev–Trinajstić information content (AvgIpc) is 2.79. The summed E-state index contributed by atoms with van der Waals surface area (Å²) in [6.45, 7) is 6.70. The van der Waals surface area contributed by atoms with Crippen LogP contribution in [0.15, 0.2) is 24.3 Å². The molecule has 136 valence electrons. The lowest BCUT2D eigenvalue weighted by molar-refractivity contribution is -0.147. The Morgan fingerprint density at radius 1 is 1.24 bits per heavy atom. The number of nitrogens with zero attached hydrogens (tertiary/aromatic N) is 1. The number of carbonyl (C=O) groups is 3. The fourth-order valence-electron chi connectivity index (χ4n) is 2.98. The van der Waals surface area contributed by atoms with Crippen molar-refractivity contribution in [1.29, 1.82) is 0 Å². The molecule has 1 aliphatic rings. The van der Waals surface area contributed by atoms with Crippen LogP contribution in [0.5, 0.6) is 0 Å². The van der Waals surface area contributed by atoms with Crippen molar-refractivity contribution < 1.29 is 24.2 Å². The van der Waals surface area contributed by atoms with Gasteiger partial charge in [0.25, 0.3) is 5.91 Å². The zero-order chi connectivity index (χ0) is 18.6. The Bertz CT molecular complexity index is 662. The number of benzene rings is 1. The van der Waals surface area contributed by atoms with Crippen LogP contribution >= 0.6 is 0 Å². The third-order valence-corrected chi connectivity index (χ3v) is 4.32. The molecule has 25 heavy (non-hydrogen) atoms. The van der Waals surface area contributed by atoms with E-state index in [4.69, 9.17) is 9.84 Å². The molecule has 1 aliphatic heterocycles. The first-order valence-electron chi connectivity index (χ1n) is 8.41. The van der Waals surface area contributed by atoms with Crippen LogP contribution in [0.4, 0.5) is 0 Å². The minimum Gasteiger partial charge on any atom is -0.481 e. The first-order valence-corrected chi connectivity index (χ1v) is 8.41. The second-order valence-electron chi connectivity index (χ2n) is 7.37. The molecule has 0 radical (unpaired) electrons. The molecular formula is C19H25NO5. The number of Topliss-reactive ketones (excluding diaryl/α,β-unsaturated/α-hetero) is 1. The number of ether oxygens (including phenoxy) is 1. The maximum Gasteiger partial charge on any atom is 0.310 e. The monoisotopic (exact) mass is 347 g/mol. The highest BCUT2D eigenvalue weighted by Crippen LogP contribution is 2.26. The Hall–Kier alpha value is -2.21. The van der Waals surface area contributed by atoms with E-state index in [1.165, 1.54) is 4.90 Å². The summed E-state index contributed by atoms with van der Waals surface area (Å²) in [5, 5.41) is 9.16. The molecule has 0 bridgehead atoms. The topological polar surface area (TPSA) is 83.9 Å². The molecule has 0 aromatic heterocycles. The number of carbonyl (C=O) groups excluding carboxylic acids is 2. The first-order chi connectivity index (χ1) is 11.7. The van der Waals surface area contributed by atoms with E-state index in [-0.39, 0.29) is 38.1 Å². The van der Waals surface area contributed by atoms with E-state index in [1.54, 1.807) is 0 Å². The van der Waals surface area contributed by atoms with Gasteiger partial charge in [-0.2, -0.15) is 0 Å². The maximum atomic E-state index is 12.5. The van der Waals surface area contributed by atoms with E-state index < -0.39 is 23.6 Å². The number of amides is 1. The molecule has 1 N–H and O–H groups in total. The third-order valence-electron chi connectivity index (χ3n) is 4.32. The predicted molar refractivity (Wildman–Crippen MR) is 92.4 cm³/mol. The van der Waals surface area contributed by atoms with Crippen molar-refractivity contribution in [3.8, 4) is 0 Å². The second kappa shape index (κ2) is 7.78. The Kier molecular flexibility index (Phi) is 5.95. The summed E-state index contributed by atoms with van der Waals surface area (Å²) >= 11 is 0. The smallest absolute Gasteiger partial charge is 0.310 e. The standard InChI is InChI=1S/C19H25NO5/c1-19(2,3)15-7-5-4-6-13(15)10-16(21)17(22)20-8-9-25-12-14(11-20)18(23)24/h4-7,14H,8-12H2,1-3H3,(H,23,24). The van der Waals surface area contributed by atoms with Gasteiger partial charge in [0.15, 0.2) is 0 Å². The molecule has 0 saturated carbocycles. The van der Waals surface area contributed by atoms with Crippen molar-refractivity contribution in [3.63, 3.8) is 0 Å². The van der Waals surface area contributed by atoms with Crippen LogP contribution < -0.4 is 0 Å². The van der Waals surface area contributed by atoms with E-state index in [1.807, 2.05) is 24.3 Å². The summed E-state index contributed by atoms with van der Waals surface area (Å²) in [5.74, 6) is -2.99. The van der Waals surface area contributed by atoms with Gasteiger partial charge in [-0.25, -0.2) is 0 Å². The largest absolute Gasteiger partial charge is 0.481 e. The number of hydrogen-bond acceptors (Lipinski definition) is 4. The molecule has 1 saturated heterocycles. The highest BCUT2D eigenvalue weighted by molar-refractivity contribution is 6.36. The van der Waals surface area contributed by atoms with Gasteiger partial charge in [-0.1, -0.05) is 45.0 Å². The van der Waals surface area contributed by atoms with Crippen molar-refractivity contribution in [2.45, 2.75) is 32.6 Å². The predicted octanol–water partition coefficient (Wildman–Crippen LogP) is 1.66. The van der Waals surface area contributed by atoms with Crippen molar-refractivity contribution in [2.75, 3.05) is 26.3 Å². The van der Waals surface area contributed by atoms with Gasteiger partial charge in [-0.05, 0) is 16.5 Å². The molecule has 2 rings (SSSR count). The number of hydrogen-bond donors (Lipinski definition) is 1. The number of rotatable bonds is 4. The first kappa shape index (κ1) is 19.1. The molecule has 0 aliphatic carbocycles. The molecule has 0 spiro atoms. The summed E-state index contributed by atoms with van der Waals surface area (Å²) in [5.41, 5.74) is 1.72. The Balaban J connectivity index is 2.13. The van der Waals surface area contributed by atoms with Crippen molar-refractivity contribution >= 4 is 17.7 Å². The van der Waals surface area contributed by atoms with Gasteiger partial charge in [0.05, 0.1) is 19.1 Å². The summed E-state index contributed by atoms with van der Waals surface area (Å²) in [6, 6.07) is 7.59. The average molecular weight is 347 g/mol. The van der Waals surface area contributed by atoms with Gasteiger partial charge in [-0.15, -0.1) is 0 Å². The van der Waals surface area contributed by atoms with Gasteiger partial charge in [0.1, 0.15) is 0 Å². The number of carboxylic acid groups (broad SMARTS) is 1. The maximum absolute atomic E-state index is 12.5. The fraction of sp³-hybridized carbons (Fsp3) is 0.526. The zero-order valence-electron chi connectivity index (χ0n) is 14.9. The van der Waals surface area contributed by atoms with Gasteiger partial charge < -0.3 is 14.7 Å². The Morgan fingerprint density at radius 2 is 1.92 bits per heavy atom. The molecule has 1 atom stereocenters. The van der Waals surface area contributed by atoms with E-state index in [0.29, 0.717) is 0 Å². The fourth-order valence-corrected chi connectivity index (χ4v) is 2.98. The van der Waals surface area contributed by atoms with Gasteiger partial charge in [-0.3, -0.25) is 14.4 Å². The van der Waals surface area contributed by atoms with Crippen LogP contribution in [-0.4, -0.2) is 54.0 Å². The van der Waals surface area contributed by atoms with Crippen molar-refractivity contribution in [3.05, 3.63) is 35.4 Å². The summed E-state index contributed by atoms with van der Waals surface area (Å²) in [4.78, 5) is 37.5. The molecule has 1 fully saturated rings. The number of aliphatic carboxylic acids is 1. The molecule has 6 nitrogen and oxygen atoms in total. The van der Waals surface area contributed by atoms with Crippen LogP contribution in [0.3, 0.4) is 0 Å². The SMILES string of the molecule is CC(C)(C)c1ccccc1CC(=O)C(=O)N1CCOCC(C(=O)O)C1. The third kappa shape index (κ3) is 4.89. The Labute approximate surface area is 147 Å². The van der Waals surface area contributed by atoms with E-state index in [9.17, 15) is 14.4 Å². The van der Waals surface area contributed by atoms with Crippen LogP contribution in [0, 0.1) is 5.92 Å². The lowest BCUT2D eigenvalue weighted by Crippen LogP contribution is -2.42. The van der Waals surface area contributed by atoms with E-state index >= 15 is 0 Å². The van der Waals surface area contributed by atoms with Crippen LogP contribution in [0.2, 0.25) is 0 Å². The van der Waals surface area contributed by atoms with Crippen LogP contribution in [0.1, 0.15) is 31.9 Å². The highest BCUT2D eigenvalue weighted by Gasteiger charge is 2.30. The molecule has 1 amide bonds. The molecule has 1 aromatic carbocycles. The second-order valence-corrected chi connectivity index (χ2v) is 7.37. The normalized spacial score (nSPS) is 18.5. The van der Waals surface area contributed by atoms with E-state index in [0.717, 1.165) is 11.1 Å². The van der Waals surface area contributed by atoms with Crippen molar-refractivity contribution in [1.82, 2.24) is 4.90 Å². The molecule has 1 unspecified atom stereocenters. The summed E-state index contributed by atoms with van der Waals surface area (Å²) < 4.78 is 5.22. The highest BCUT2D eigenvalue weighted by atomic mass is 16.5. The lowest BCUT2D eigenvalue weighted by Gasteiger charge is -2.24.